The van der Waals surface area contributed by atoms with Crippen LogP contribution in [-0.4, -0.2) is 37.2 Å². The summed E-state index contributed by atoms with van der Waals surface area (Å²) in [5.74, 6) is -1.07. The van der Waals surface area contributed by atoms with E-state index in [2.05, 4.69) is 154 Å². The molecule has 6 nitrogen and oxygen atoms in total. The van der Waals surface area contributed by atoms with E-state index in [0.717, 1.165) is 109 Å². The third-order valence-electron chi connectivity index (χ3n) is 10.1. The number of carbonyl (C=O) groups excluding carboxylic acids is 3. The first-order valence-electron chi connectivity index (χ1n) is 25.8. The van der Waals surface area contributed by atoms with Gasteiger partial charge in [0.2, 0.25) is 0 Å². The molecule has 1 atom stereocenters. The third-order valence-corrected chi connectivity index (χ3v) is 10.1. The molecule has 0 spiro atoms. The standard InChI is InChI=1S/C60H92O6/c1-4-7-10-13-16-19-21-23-24-25-26-27-28-29-30-31-32-33-34-35-36-38-39-41-44-47-50-53-59(62)65-56-57(55-64-58(61)52-49-46-43-18-15-12-9-6-3)66-60(63)54-51-48-45-42-40-37-22-20-17-14-11-8-5-2/h7-8,10-11,16-17,19-20,23-24,26-27,29-30,32-33,35-37,39-41,45,48,57H,4-6,9,12-15,18,21-22,25,28,31,34,38,42-44,46-47,49-56H2,1-3H3/b10-7-,11-8-,19-16-,20-17-,24-23-,27-26-,30-29-,33-32-,36-35-,40-37-,41-39-,48-45-. The van der Waals surface area contributed by atoms with E-state index < -0.39 is 12.1 Å². The van der Waals surface area contributed by atoms with Crippen molar-refractivity contribution in [3.05, 3.63) is 146 Å². The van der Waals surface area contributed by atoms with Gasteiger partial charge in [0.25, 0.3) is 0 Å². The van der Waals surface area contributed by atoms with Gasteiger partial charge in [-0.05, 0) is 109 Å². The summed E-state index contributed by atoms with van der Waals surface area (Å²) in [4.78, 5) is 37.8. The van der Waals surface area contributed by atoms with Crippen LogP contribution in [0.2, 0.25) is 0 Å². The van der Waals surface area contributed by atoms with Crippen LogP contribution in [0, 0.1) is 0 Å². The minimum atomic E-state index is -0.836. The van der Waals surface area contributed by atoms with Gasteiger partial charge in [-0.15, -0.1) is 0 Å². The van der Waals surface area contributed by atoms with Gasteiger partial charge in [0, 0.05) is 19.3 Å². The molecule has 0 fully saturated rings. The average molecular weight is 909 g/mol. The first-order chi connectivity index (χ1) is 32.5. The summed E-state index contributed by atoms with van der Waals surface area (Å²) in [6.07, 6.45) is 75.8. The van der Waals surface area contributed by atoms with Crippen molar-refractivity contribution < 1.29 is 28.6 Å². The predicted molar refractivity (Wildman–Crippen MR) is 283 cm³/mol. The van der Waals surface area contributed by atoms with Gasteiger partial charge < -0.3 is 14.2 Å². The molecule has 0 aromatic rings. The molecule has 368 valence electrons. The minimum absolute atomic E-state index is 0.126. The maximum atomic E-state index is 12.7. The molecule has 66 heavy (non-hydrogen) atoms. The smallest absolute Gasteiger partial charge is 0.306 e. The van der Waals surface area contributed by atoms with Crippen molar-refractivity contribution in [1.82, 2.24) is 0 Å². The third kappa shape index (κ3) is 50.3. The first-order valence-corrected chi connectivity index (χ1v) is 25.8. The Morgan fingerprint density at radius 2 is 0.621 bits per heavy atom. The van der Waals surface area contributed by atoms with Gasteiger partial charge in [0.1, 0.15) is 13.2 Å². The zero-order valence-electron chi connectivity index (χ0n) is 41.9. The average Bonchev–Trinajstić information content (AvgIpc) is 3.31. The van der Waals surface area contributed by atoms with Gasteiger partial charge in [-0.3, -0.25) is 14.4 Å². The zero-order valence-corrected chi connectivity index (χ0v) is 41.9. The highest BCUT2D eigenvalue weighted by atomic mass is 16.6. The highest BCUT2D eigenvalue weighted by molar-refractivity contribution is 5.71. The van der Waals surface area contributed by atoms with E-state index in [-0.39, 0.29) is 38.0 Å². The van der Waals surface area contributed by atoms with Gasteiger partial charge >= 0.3 is 17.9 Å². The summed E-state index contributed by atoms with van der Waals surface area (Å²) in [6.45, 7) is 6.24. The number of allylic oxidation sites excluding steroid dienone is 24. The van der Waals surface area contributed by atoms with Crippen LogP contribution >= 0.6 is 0 Å². The first kappa shape index (κ1) is 61.3. The van der Waals surface area contributed by atoms with E-state index in [1.54, 1.807) is 0 Å². The van der Waals surface area contributed by atoms with Crippen LogP contribution in [-0.2, 0) is 28.6 Å². The van der Waals surface area contributed by atoms with E-state index in [1.165, 1.54) is 32.1 Å². The largest absolute Gasteiger partial charge is 0.462 e. The predicted octanol–water partition coefficient (Wildman–Crippen LogP) is 17.3. The maximum absolute atomic E-state index is 12.7. The van der Waals surface area contributed by atoms with E-state index >= 15 is 0 Å². The molecule has 0 saturated heterocycles. The molecule has 0 aliphatic heterocycles. The molecule has 1 unspecified atom stereocenters. The fraction of sp³-hybridized carbons (Fsp3) is 0.550. The Morgan fingerprint density at radius 1 is 0.318 bits per heavy atom. The summed E-state index contributed by atoms with van der Waals surface area (Å²) >= 11 is 0. The summed E-state index contributed by atoms with van der Waals surface area (Å²) in [7, 11) is 0. The number of hydrogen-bond donors (Lipinski definition) is 0. The number of ether oxygens (including phenoxy) is 3. The molecule has 0 N–H and O–H groups in total. The second kappa shape index (κ2) is 52.9. The normalized spacial score (nSPS) is 13.3. The Balaban J connectivity index is 4.41. The highest BCUT2D eigenvalue weighted by Crippen LogP contribution is 2.11. The number of unbranched alkanes of at least 4 members (excludes halogenated alkanes) is 9. The molecule has 0 aromatic carbocycles. The number of esters is 3. The Labute approximate surface area is 404 Å². The molecule has 0 heterocycles. The topological polar surface area (TPSA) is 78.9 Å². The lowest BCUT2D eigenvalue weighted by atomic mass is 10.1. The quantitative estimate of drug-likeness (QED) is 0.0262. The molecule has 0 bridgehead atoms. The van der Waals surface area contributed by atoms with Crippen molar-refractivity contribution in [1.29, 1.82) is 0 Å². The van der Waals surface area contributed by atoms with Gasteiger partial charge in [0.05, 0.1) is 0 Å². The van der Waals surface area contributed by atoms with Crippen LogP contribution in [0.4, 0.5) is 0 Å². The molecule has 6 heteroatoms. The van der Waals surface area contributed by atoms with E-state index in [4.69, 9.17) is 14.2 Å². The van der Waals surface area contributed by atoms with Crippen LogP contribution in [0.15, 0.2) is 146 Å². The van der Waals surface area contributed by atoms with Crippen LogP contribution in [0.3, 0.4) is 0 Å². The van der Waals surface area contributed by atoms with Crippen LogP contribution in [0.1, 0.15) is 194 Å². The summed E-state index contributed by atoms with van der Waals surface area (Å²) in [5, 5.41) is 0. The molecule has 0 aliphatic rings. The molecule has 0 amide bonds. The van der Waals surface area contributed by atoms with Crippen molar-refractivity contribution in [3.8, 4) is 0 Å². The highest BCUT2D eigenvalue weighted by Gasteiger charge is 2.19. The van der Waals surface area contributed by atoms with Crippen LogP contribution < -0.4 is 0 Å². The lowest BCUT2D eigenvalue weighted by Gasteiger charge is -2.18. The Morgan fingerprint density at radius 3 is 0.985 bits per heavy atom. The zero-order chi connectivity index (χ0) is 47.9. The fourth-order valence-corrected chi connectivity index (χ4v) is 6.29. The summed E-state index contributed by atoms with van der Waals surface area (Å²) in [5.41, 5.74) is 0. The van der Waals surface area contributed by atoms with Crippen LogP contribution in [0.5, 0.6) is 0 Å². The molecule has 0 aromatic heterocycles. The lowest BCUT2D eigenvalue weighted by molar-refractivity contribution is -0.166. The fourth-order valence-electron chi connectivity index (χ4n) is 6.29. The number of hydrogen-bond acceptors (Lipinski definition) is 6. The molecular weight excluding hydrogens is 817 g/mol. The maximum Gasteiger partial charge on any atom is 0.306 e. The Hall–Kier alpha value is -4.71. The van der Waals surface area contributed by atoms with Crippen LogP contribution in [0.25, 0.3) is 0 Å². The minimum Gasteiger partial charge on any atom is -0.462 e. The van der Waals surface area contributed by atoms with E-state index in [1.807, 2.05) is 12.2 Å². The Kier molecular flexibility index (Phi) is 49.1. The Bertz CT molecular complexity index is 1510. The molecular formula is C60H92O6. The summed E-state index contributed by atoms with van der Waals surface area (Å²) < 4.78 is 16.6. The molecule has 0 rings (SSSR count). The lowest BCUT2D eigenvalue weighted by Crippen LogP contribution is -2.30. The molecule has 0 saturated carbocycles. The second-order valence-corrected chi connectivity index (χ2v) is 16.3. The number of rotatable bonds is 44. The van der Waals surface area contributed by atoms with Crippen molar-refractivity contribution in [2.75, 3.05) is 13.2 Å². The van der Waals surface area contributed by atoms with Gasteiger partial charge in [0.15, 0.2) is 6.10 Å². The van der Waals surface area contributed by atoms with E-state index in [9.17, 15) is 14.4 Å². The molecule has 0 aliphatic carbocycles. The monoisotopic (exact) mass is 909 g/mol. The summed E-state index contributed by atoms with van der Waals surface area (Å²) in [6, 6.07) is 0. The van der Waals surface area contributed by atoms with E-state index in [0.29, 0.717) is 19.3 Å². The van der Waals surface area contributed by atoms with Gasteiger partial charge in [-0.1, -0.05) is 212 Å². The van der Waals surface area contributed by atoms with Crippen molar-refractivity contribution >= 4 is 17.9 Å². The molecule has 0 radical (unpaired) electrons. The second-order valence-electron chi connectivity index (χ2n) is 16.3. The van der Waals surface area contributed by atoms with Gasteiger partial charge in [-0.2, -0.15) is 0 Å². The number of carbonyl (C=O) groups is 3. The van der Waals surface area contributed by atoms with Crippen molar-refractivity contribution in [2.24, 2.45) is 0 Å². The van der Waals surface area contributed by atoms with Crippen molar-refractivity contribution in [2.45, 2.75) is 200 Å². The SMILES string of the molecule is CC/C=C\C/C=C\C/C=C\C/C=C\C/C=C\C/C=C\C/C=C\C/C=C\CCCCC(=O)OCC(COC(=O)CCCCCCCCCC)OC(=O)CC/C=C\C/C=C\C/C=C\C/C=C\CC. The van der Waals surface area contributed by atoms with Crippen molar-refractivity contribution in [3.63, 3.8) is 0 Å². The van der Waals surface area contributed by atoms with Gasteiger partial charge in [-0.25, -0.2) is 0 Å².